The third-order valence-corrected chi connectivity index (χ3v) is 2.77. The zero-order chi connectivity index (χ0) is 12.3. The Bertz CT molecular complexity index is 484. The molecule has 1 rings (SSSR count). The van der Waals surface area contributed by atoms with E-state index in [0.717, 1.165) is 23.0 Å². The van der Waals surface area contributed by atoms with Gasteiger partial charge in [-0.25, -0.2) is 27.5 Å². The summed E-state index contributed by atoms with van der Waals surface area (Å²) in [4.78, 5) is 17.8. The van der Waals surface area contributed by atoms with Gasteiger partial charge in [0.05, 0.1) is 18.6 Å². The molecule has 1 amide bonds. The highest BCUT2D eigenvalue weighted by Gasteiger charge is 2.14. The lowest BCUT2D eigenvalue weighted by Gasteiger charge is -2.13. The van der Waals surface area contributed by atoms with Crippen LogP contribution < -0.4 is 14.8 Å². The Morgan fingerprint density at radius 3 is 2.31 bits per heavy atom. The molecule has 0 saturated heterocycles. The van der Waals surface area contributed by atoms with E-state index in [0.29, 0.717) is 0 Å². The third-order valence-electron chi connectivity index (χ3n) is 1.61. The summed E-state index contributed by atoms with van der Waals surface area (Å²) in [6.45, 7) is 0. The van der Waals surface area contributed by atoms with Crippen LogP contribution in [0.4, 0.5) is 10.7 Å². The Hall–Kier alpha value is -1.90. The van der Waals surface area contributed by atoms with Crippen LogP contribution in [0.25, 0.3) is 0 Å². The van der Waals surface area contributed by atoms with Crippen molar-refractivity contribution in [1.82, 2.24) is 9.97 Å². The number of nitrogens with two attached hydrogens (primary N) is 1. The van der Waals surface area contributed by atoms with Gasteiger partial charge in [0.15, 0.2) is 5.75 Å². The van der Waals surface area contributed by atoms with Crippen molar-refractivity contribution < 1.29 is 17.9 Å². The fourth-order valence-electron chi connectivity index (χ4n) is 0.789. The van der Waals surface area contributed by atoms with Crippen molar-refractivity contribution in [3.8, 4) is 5.75 Å². The molecule has 0 aliphatic rings. The molecule has 0 aromatic carbocycles. The number of primary amides is 1. The van der Waals surface area contributed by atoms with Gasteiger partial charge in [-0.05, 0) is 0 Å². The van der Waals surface area contributed by atoms with Gasteiger partial charge in [-0.1, -0.05) is 0 Å². The normalized spacial score (nSPS) is 10.9. The summed E-state index contributed by atoms with van der Waals surface area (Å²) < 4.78 is 27.6. The quantitative estimate of drug-likeness (QED) is 0.756. The fourth-order valence-corrected chi connectivity index (χ4v) is 1.18. The minimum Gasteiger partial charge on any atom is -0.407 e. The molecule has 9 heteroatoms. The van der Waals surface area contributed by atoms with Crippen LogP contribution in [-0.2, 0) is 10.0 Å². The maximum absolute atomic E-state index is 11.1. The molecule has 0 aliphatic carbocycles. The van der Waals surface area contributed by atoms with Crippen molar-refractivity contribution in [2.24, 2.45) is 5.73 Å². The second-order valence-electron chi connectivity index (χ2n) is 2.87. The summed E-state index contributed by atoms with van der Waals surface area (Å²) in [5.74, 6) is 0.0115. The van der Waals surface area contributed by atoms with Gasteiger partial charge in [-0.2, -0.15) is 0 Å². The monoisotopic (exact) mass is 246 g/mol. The van der Waals surface area contributed by atoms with Crippen LogP contribution in [0.15, 0.2) is 12.4 Å². The second kappa shape index (κ2) is 4.31. The predicted molar refractivity (Wildman–Crippen MR) is 55.5 cm³/mol. The standard InChI is InChI=1S/C7H10N4O4S/c1-11(16(2,13)14)7-9-3-5(4-10-7)15-6(8)12/h3-4H,1-2H3,(H2,8,12). The number of hydrogen-bond acceptors (Lipinski definition) is 6. The minimum absolute atomic E-state index is 0.0284. The average Bonchev–Trinajstić information content (AvgIpc) is 2.15. The number of amides is 1. The van der Waals surface area contributed by atoms with Crippen molar-refractivity contribution in [3.05, 3.63) is 12.4 Å². The van der Waals surface area contributed by atoms with Gasteiger partial charge in [-0.3, -0.25) is 0 Å². The van der Waals surface area contributed by atoms with E-state index in [1.807, 2.05) is 0 Å². The lowest BCUT2D eigenvalue weighted by atomic mass is 10.6. The van der Waals surface area contributed by atoms with Crippen LogP contribution in [-0.4, -0.2) is 37.8 Å². The van der Waals surface area contributed by atoms with E-state index in [1.54, 1.807) is 0 Å². The first-order valence-electron chi connectivity index (χ1n) is 4.04. The van der Waals surface area contributed by atoms with Gasteiger partial charge < -0.3 is 10.5 Å². The summed E-state index contributed by atoms with van der Waals surface area (Å²) in [5, 5.41) is 0. The van der Waals surface area contributed by atoms with Gasteiger partial charge in [0, 0.05) is 7.05 Å². The first-order chi connectivity index (χ1) is 7.30. The van der Waals surface area contributed by atoms with E-state index in [1.165, 1.54) is 7.05 Å². The van der Waals surface area contributed by atoms with Crippen LogP contribution in [0.1, 0.15) is 0 Å². The first kappa shape index (κ1) is 12.2. The Labute approximate surface area is 92.1 Å². The summed E-state index contributed by atoms with van der Waals surface area (Å²) in [5.41, 5.74) is 4.77. The summed E-state index contributed by atoms with van der Waals surface area (Å²) in [6, 6.07) is 0. The molecule has 1 aromatic rings. The van der Waals surface area contributed by atoms with Gasteiger partial charge >= 0.3 is 6.09 Å². The maximum atomic E-state index is 11.1. The maximum Gasteiger partial charge on any atom is 0.410 e. The average molecular weight is 246 g/mol. The molecule has 0 atom stereocenters. The van der Waals surface area contributed by atoms with E-state index in [-0.39, 0.29) is 11.7 Å². The molecule has 0 fully saturated rings. The zero-order valence-corrected chi connectivity index (χ0v) is 9.43. The van der Waals surface area contributed by atoms with Crippen molar-refractivity contribution in [3.63, 3.8) is 0 Å². The largest absolute Gasteiger partial charge is 0.410 e. The lowest BCUT2D eigenvalue weighted by molar-refractivity contribution is 0.210. The van der Waals surface area contributed by atoms with Crippen molar-refractivity contribution in [1.29, 1.82) is 0 Å². The molecular weight excluding hydrogens is 236 g/mol. The van der Waals surface area contributed by atoms with E-state index >= 15 is 0 Å². The molecule has 8 nitrogen and oxygen atoms in total. The van der Waals surface area contributed by atoms with Gasteiger partial charge in [0.2, 0.25) is 16.0 Å². The molecular formula is C7H10N4O4S. The topological polar surface area (TPSA) is 115 Å². The van der Waals surface area contributed by atoms with E-state index < -0.39 is 16.1 Å². The molecule has 1 heterocycles. The third kappa shape index (κ3) is 3.05. The van der Waals surface area contributed by atoms with Gasteiger partial charge in [0.1, 0.15) is 0 Å². The van der Waals surface area contributed by atoms with Crippen LogP contribution in [0.5, 0.6) is 5.75 Å². The molecule has 0 bridgehead atoms. The summed E-state index contributed by atoms with van der Waals surface area (Å²) in [6.07, 6.45) is 2.32. The zero-order valence-electron chi connectivity index (χ0n) is 8.61. The number of aromatic nitrogens is 2. The predicted octanol–water partition coefficient (Wildman–Crippen LogP) is -0.670. The molecule has 0 spiro atoms. The smallest absolute Gasteiger partial charge is 0.407 e. The SMILES string of the molecule is CN(c1ncc(OC(N)=O)cn1)S(C)(=O)=O. The van der Waals surface area contributed by atoms with E-state index in [4.69, 9.17) is 5.73 Å². The Morgan fingerprint density at radius 1 is 1.44 bits per heavy atom. The molecule has 0 saturated carbocycles. The molecule has 0 radical (unpaired) electrons. The number of carbonyl (C=O) groups is 1. The van der Waals surface area contributed by atoms with Crippen molar-refractivity contribution in [2.75, 3.05) is 17.6 Å². The van der Waals surface area contributed by atoms with Gasteiger partial charge in [-0.15, -0.1) is 0 Å². The number of rotatable bonds is 3. The van der Waals surface area contributed by atoms with Crippen molar-refractivity contribution in [2.45, 2.75) is 0 Å². The molecule has 1 aromatic heterocycles. The molecule has 88 valence electrons. The van der Waals surface area contributed by atoms with Crippen LogP contribution in [0.2, 0.25) is 0 Å². The van der Waals surface area contributed by atoms with Crippen LogP contribution in [0.3, 0.4) is 0 Å². The minimum atomic E-state index is -3.42. The highest BCUT2D eigenvalue weighted by molar-refractivity contribution is 7.92. The fraction of sp³-hybridized carbons (Fsp3) is 0.286. The van der Waals surface area contributed by atoms with Crippen LogP contribution >= 0.6 is 0 Å². The number of nitrogens with zero attached hydrogens (tertiary/aromatic N) is 3. The number of hydrogen-bond donors (Lipinski definition) is 1. The summed E-state index contributed by atoms with van der Waals surface area (Å²) in [7, 11) is -2.11. The Balaban J connectivity index is 2.91. The van der Waals surface area contributed by atoms with Crippen LogP contribution in [0, 0.1) is 0 Å². The van der Waals surface area contributed by atoms with E-state index in [2.05, 4.69) is 14.7 Å². The molecule has 0 aliphatic heterocycles. The second-order valence-corrected chi connectivity index (χ2v) is 4.88. The number of anilines is 1. The molecule has 2 N–H and O–H groups in total. The van der Waals surface area contributed by atoms with Gasteiger partial charge in [0.25, 0.3) is 0 Å². The van der Waals surface area contributed by atoms with Crippen molar-refractivity contribution >= 4 is 22.1 Å². The Kier molecular flexibility index (Phi) is 3.28. The first-order valence-corrected chi connectivity index (χ1v) is 5.89. The highest BCUT2D eigenvalue weighted by atomic mass is 32.2. The van der Waals surface area contributed by atoms with E-state index in [9.17, 15) is 13.2 Å². The summed E-state index contributed by atoms with van der Waals surface area (Å²) >= 11 is 0. The Morgan fingerprint density at radius 2 is 1.94 bits per heavy atom. The lowest BCUT2D eigenvalue weighted by Crippen LogP contribution is -2.26. The number of ether oxygens (including phenoxy) is 1. The number of sulfonamides is 1. The number of carbonyl (C=O) groups excluding carboxylic acids is 1. The molecule has 16 heavy (non-hydrogen) atoms. The highest BCUT2D eigenvalue weighted by Crippen LogP contribution is 2.12. The molecule has 0 unspecified atom stereocenters.